The van der Waals surface area contributed by atoms with Crippen molar-refractivity contribution in [2.75, 3.05) is 24.6 Å². The van der Waals surface area contributed by atoms with E-state index in [2.05, 4.69) is 86.0 Å². The molecule has 27 heavy (non-hydrogen) atoms. The number of anilines is 1. The third-order valence-electron chi connectivity index (χ3n) is 5.51. The largest absolute Gasteiger partial charge is 0.392 e. The Morgan fingerprint density at radius 2 is 1.56 bits per heavy atom. The second kappa shape index (κ2) is 8.71. The summed E-state index contributed by atoms with van der Waals surface area (Å²) in [5.74, 6) is 0.971. The summed E-state index contributed by atoms with van der Waals surface area (Å²) in [6.45, 7) is 11.1. The highest BCUT2D eigenvalue weighted by Crippen LogP contribution is 2.35. The van der Waals surface area contributed by atoms with E-state index in [4.69, 9.17) is 0 Å². The fraction of sp³-hybridized carbons (Fsp3) is 0.458. The molecule has 0 aromatic heterocycles. The average Bonchev–Trinajstić information content (AvgIpc) is 3.15. The van der Waals surface area contributed by atoms with E-state index in [1.807, 2.05) is 6.07 Å². The standard InChI is InChI=1S/C24H33N2O/c1-18(2)22-11-8-12-23(19(3)4)24(22)26-14-13-25(17-26)21(16-27)15-20-9-6-5-7-10-20/h5-12,17-19,21,27H,13-16H2,1-4H3/q+1/t21-/m0/s1. The van der Waals surface area contributed by atoms with Crippen LogP contribution in [0.4, 0.5) is 5.69 Å². The first-order valence-corrected chi connectivity index (χ1v) is 10.2. The molecule has 1 aliphatic rings. The molecule has 0 saturated heterocycles. The zero-order chi connectivity index (χ0) is 19.4. The van der Waals surface area contributed by atoms with Crippen molar-refractivity contribution in [3.63, 3.8) is 0 Å². The third-order valence-corrected chi connectivity index (χ3v) is 5.51. The van der Waals surface area contributed by atoms with Crippen LogP contribution in [0, 0.1) is 0 Å². The molecule has 0 aliphatic carbocycles. The molecule has 1 atom stereocenters. The smallest absolute Gasteiger partial charge is 0.239 e. The number of hydrogen-bond acceptors (Lipinski definition) is 2. The van der Waals surface area contributed by atoms with Crippen LogP contribution in [0.25, 0.3) is 0 Å². The summed E-state index contributed by atoms with van der Waals surface area (Å²) in [5, 5.41) is 10.0. The second-order valence-electron chi connectivity index (χ2n) is 8.17. The number of hydrogen-bond donors (Lipinski definition) is 1. The Balaban J connectivity index is 1.90. The molecule has 2 aromatic rings. The van der Waals surface area contributed by atoms with Gasteiger partial charge in [0.25, 0.3) is 0 Å². The number of benzene rings is 2. The van der Waals surface area contributed by atoms with Gasteiger partial charge in [-0.3, -0.25) is 4.58 Å². The van der Waals surface area contributed by atoms with Crippen molar-refractivity contribution in [3.8, 4) is 0 Å². The number of nitrogens with zero attached hydrogens (tertiary/aromatic N) is 2. The van der Waals surface area contributed by atoms with Gasteiger partial charge < -0.3 is 5.11 Å². The van der Waals surface area contributed by atoms with E-state index >= 15 is 0 Å². The zero-order valence-corrected chi connectivity index (χ0v) is 17.1. The molecule has 0 fully saturated rings. The van der Waals surface area contributed by atoms with E-state index in [0.717, 1.165) is 19.5 Å². The molecule has 1 heterocycles. The van der Waals surface area contributed by atoms with Crippen LogP contribution in [0.2, 0.25) is 0 Å². The van der Waals surface area contributed by atoms with Gasteiger partial charge >= 0.3 is 0 Å². The van der Waals surface area contributed by atoms with Crippen LogP contribution in [-0.4, -0.2) is 41.8 Å². The Bertz CT molecular complexity index is 754. The Labute approximate surface area is 164 Å². The second-order valence-corrected chi connectivity index (χ2v) is 8.17. The maximum absolute atomic E-state index is 10.0. The van der Waals surface area contributed by atoms with Crippen LogP contribution in [-0.2, 0) is 6.42 Å². The first kappa shape index (κ1) is 19.6. The van der Waals surface area contributed by atoms with E-state index in [-0.39, 0.29) is 12.6 Å². The Morgan fingerprint density at radius 3 is 2.11 bits per heavy atom. The zero-order valence-electron chi connectivity index (χ0n) is 17.1. The topological polar surface area (TPSA) is 26.5 Å². The predicted molar refractivity (Wildman–Crippen MR) is 114 cm³/mol. The van der Waals surface area contributed by atoms with Crippen LogP contribution < -0.4 is 4.90 Å². The van der Waals surface area contributed by atoms with E-state index in [9.17, 15) is 5.11 Å². The van der Waals surface area contributed by atoms with Crippen LogP contribution >= 0.6 is 0 Å². The lowest BCUT2D eigenvalue weighted by molar-refractivity contribution is -0.555. The average molecular weight is 366 g/mol. The predicted octanol–water partition coefficient (Wildman–Crippen LogP) is 4.40. The van der Waals surface area contributed by atoms with Crippen LogP contribution in [0.5, 0.6) is 0 Å². The molecule has 3 nitrogen and oxygen atoms in total. The number of aliphatic hydroxyl groups excluding tert-OH is 1. The molecule has 3 rings (SSSR count). The number of para-hydroxylation sites is 1. The van der Waals surface area contributed by atoms with Gasteiger partial charge in [-0.1, -0.05) is 76.2 Å². The molecule has 0 bridgehead atoms. The summed E-state index contributed by atoms with van der Waals surface area (Å²) in [4.78, 5) is 2.40. The fourth-order valence-electron chi connectivity index (χ4n) is 3.98. The van der Waals surface area contributed by atoms with Crippen LogP contribution in [0.3, 0.4) is 0 Å². The van der Waals surface area contributed by atoms with Crippen LogP contribution in [0.15, 0.2) is 48.5 Å². The summed E-state index contributed by atoms with van der Waals surface area (Å²) in [5.41, 5.74) is 5.45. The highest BCUT2D eigenvalue weighted by Gasteiger charge is 2.31. The van der Waals surface area contributed by atoms with Gasteiger partial charge in [0.15, 0.2) is 0 Å². The summed E-state index contributed by atoms with van der Waals surface area (Å²) in [6.07, 6.45) is 3.10. The molecular formula is C24H33N2O+. The minimum atomic E-state index is 0.117. The molecule has 0 spiro atoms. The molecule has 144 valence electrons. The lowest BCUT2D eigenvalue weighted by atomic mass is 9.92. The molecule has 2 aromatic carbocycles. The lowest BCUT2D eigenvalue weighted by Gasteiger charge is -2.20. The van der Waals surface area contributed by atoms with E-state index in [1.165, 1.54) is 22.4 Å². The molecule has 1 aliphatic heterocycles. The molecule has 3 heteroatoms. The van der Waals surface area contributed by atoms with Crippen molar-refractivity contribution < 1.29 is 9.68 Å². The molecule has 0 saturated carbocycles. The first-order valence-electron chi connectivity index (χ1n) is 10.2. The molecule has 0 radical (unpaired) electrons. The van der Waals surface area contributed by atoms with E-state index in [0.29, 0.717) is 11.8 Å². The first-order chi connectivity index (χ1) is 13.0. The molecular weight excluding hydrogens is 332 g/mol. The van der Waals surface area contributed by atoms with Gasteiger partial charge in [-0.2, -0.15) is 0 Å². The molecule has 1 N–H and O–H groups in total. The van der Waals surface area contributed by atoms with E-state index in [1.54, 1.807) is 0 Å². The Morgan fingerprint density at radius 1 is 0.926 bits per heavy atom. The quantitative estimate of drug-likeness (QED) is 0.736. The van der Waals surface area contributed by atoms with Gasteiger partial charge in [0, 0.05) is 17.5 Å². The van der Waals surface area contributed by atoms with Crippen molar-refractivity contribution in [1.82, 2.24) is 0 Å². The monoisotopic (exact) mass is 365 g/mol. The fourth-order valence-corrected chi connectivity index (χ4v) is 3.98. The summed E-state index contributed by atoms with van der Waals surface area (Å²) in [7, 11) is 0. The summed E-state index contributed by atoms with van der Waals surface area (Å²) >= 11 is 0. The van der Waals surface area contributed by atoms with Gasteiger partial charge in [-0.05, 0) is 17.4 Å². The minimum Gasteiger partial charge on any atom is -0.392 e. The van der Waals surface area contributed by atoms with Gasteiger partial charge in [0.05, 0.1) is 6.61 Å². The molecule has 0 unspecified atom stereocenters. The van der Waals surface area contributed by atoms with Crippen LogP contribution in [0.1, 0.15) is 56.2 Å². The van der Waals surface area contributed by atoms with Crippen molar-refractivity contribution in [1.29, 1.82) is 0 Å². The number of aliphatic hydroxyl groups is 1. The Hall–Kier alpha value is -2.13. The van der Waals surface area contributed by atoms with Crippen molar-refractivity contribution in [3.05, 3.63) is 65.2 Å². The minimum absolute atomic E-state index is 0.117. The lowest BCUT2D eigenvalue weighted by Crippen LogP contribution is -2.31. The molecule has 0 amide bonds. The van der Waals surface area contributed by atoms with Gasteiger partial charge in [0.1, 0.15) is 24.8 Å². The van der Waals surface area contributed by atoms with E-state index < -0.39 is 0 Å². The highest BCUT2D eigenvalue weighted by atomic mass is 16.3. The maximum Gasteiger partial charge on any atom is 0.239 e. The highest BCUT2D eigenvalue weighted by molar-refractivity contribution is 5.81. The third kappa shape index (κ3) is 4.41. The number of rotatable bonds is 7. The van der Waals surface area contributed by atoms with Crippen molar-refractivity contribution in [2.24, 2.45) is 0 Å². The van der Waals surface area contributed by atoms with Gasteiger partial charge in [-0.15, -0.1) is 0 Å². The summed E-state index contributed by atoms with van der Waals surface area (Å²) in [6, 6.07) is 17.3. The SMILES string of the molecule is CC(C)c1cccc(C(C)C)c1N1C=[N+]([C@H](CO)Cc2ccccc2)CC1. The normalized spacial score (nSPS) is 15.5. The Kier molecular flexibility index (Phi) is 6.33. The van der Waals surface area contributed by atoms with Gasteiger partial charge in [0.2, 0.25) is 6.34 Å². The van der Waals surface area contributed by atoms with Gasteiger partial charge in [-0.25, -0.2) is 4.90 Å². The van der Waals surface area contributed by atoms with Crippen molar-refractivity contribution >= 4 is 12.0 Å². The maximum atomic E-state index is 10.0. The summed E-state index contributed by atoms with van der Waals surface area (Å²) < 4.78 is 2.31. The van der Waals surface area contributed by atoms with Crippen molar-refractivity contribution in [2.45, 2.75) is 52.0 Å².